The highest BCUT2D eigenvalue weighted by Crippen LogP contribution is 2.46. The molecule has 1 nitrogen and oxygen atoms in total. The molecule has 0 aliphatic heterocycles. The van der Waals surface area contributed by atoms with Crippen molar-refractivity contribution < 1.29 is 0 Å². The summed E-state index contributed by atoms with van der Waals surface area (Å²) in [6.45, 7) is 2.08. The molecule has 98 valence electrons. The lowest BCUT2D eigenvalue weighted by atomic mass is 10.1. The van der Waals surface area contributed by atoms with Crippen LogP contribution in [-0.4, -0.2) is 6.54 Å². The summed E-state index contributed by atoms with van der Waals surface area (Å²) in [6, 6.07) is 19.4. The Kier molecular flexibility index (Phi) is 4.00. The van der Waals surface area contributed by atoms with Gasteiger partial charge in [0.25, 0.3) is 0 Å². The largest absolute Gasteiger partial charge is 0.312 e. The van der Waals surface area contributed by atoms with Crippen LogP contribution in [0.2, 0.25) is 0 Å². The molecule has 2 aromatic carbocycles. The number of halogens is 1. The van der Waals surface area contributed by atoms with Gasteiger partial charge in [-0.1, -0.05) is 58.4 Å². The maximum absolute atomic E-state index is 3.57. The maximum Gasteiger partial charge on any atom is 0.0205 e. The molecular formula is C17H18BrN. The van der Waals surface area contributed by atoms with Gasteiger partial charge in [-0.3, -0.25) is 0 Å². The van der Waals surface area contributed by atoms with Crippen molar-refractivity contribution in [2.24, 2.45) is 5.92 Å². The predicted octanol–water partition coefficient (Wildman–Crippen LogP) is 4.34. The normalized spacial score (nSPS) is 21.3. The van der Waals surface area contributed by atoms with E-state index in [1.54, 1.807) is 0 Å². The van der Waals surface area contributed by atoms with Gasteiger partial charge in [0.2, 0.25) is 0 Å². The standard InChI is InChI=1S/C17H18BrN/c18-16-8-6-13(7-9-16)11-19-12-15-10-17(15)14-4-2-1-3-5-14/h1-9,15,17,19H,10-12H2. The fourth-order valence-corrected chi connectivity index (χ4v) is 2.85. The van der Waals surface area contributed by atoms with Crippen molar-refractivity contribution in [2.75, 3.05) is 6.54 Å². The SMILES string of the molecule is Brc1ccc(CNCC2CC2c2ccccc2)cc1. The summed E-state index contributed by atoms with van der Waals surface area (Å²) in [4.78, 5) is 0. The predicted molar refractivity (Wildman–Crippen MR) is 83.1 cm³/mol. The molecule has 3 rings (SSSR count). The maximum atomic E-state index is 3.57. The van der Waals surface area contributed by atoms with E-state index in [0.717, 1.165) is 29.4 Å². The first-order chi connectivity index (χ1) is 9.33. The lowest BCUT2D eigenvalue weighted by Crippen LogP contribution is -2.16. The molecule has 0 radical (unpaired) electrons. The van der Waals surface area contributed by atoms with Gasteiger partial charge in [0.05, 0.1) is 0 Å². The Balaban J connectivity index is 1.44. The average molecular weight is 316 g/mol. The van der Waals surface area contributed by atoms with Gasteiger partial charge in [-0.2, -0.15) is 0 Å². The van der Waals surface area contributed by atoms with Gasteiger partial charge < -0.3 is 5.32 Å². The molecule has 1 aliphatic rings. The van der Waals surface area contributed by atoms with E-state index < -0.39 is 0 Å². The molecule has 0 saturated heterocycles. The number of rotatable bonds is 5. The smallest absolute Gasteiger partial charge is 0.0205 e. The molecule has 2 heteroatoms. The molecule has 1 N–H and O–H groups in total. The van der Waals surface area contributed by atoms with E-state index in [2.05, 4.69) is 75.8 Å². The van der Waals surface area contributed by atoms with Crippen molar-refractivity contribution in [1.29, 1.82) is 0 Å². The molecule has 2 aromatic rings. The quantitative estimate of drug-likeness (QED) is 0.865. The number of hydrogen-bond donors (Lipinski definition) is 1. The Morgan fingerprint density at radius 2 is 1.74 bits per heavy atom. The summed E-state index contributed by atoms with van der Waals surface area (Å²) in [7, 11) is 0. The van der Waals surface area contributed by atoms with Crippen LogP contribution < -0.4 is 5.32 Å². The summed E-state index contributed by atoms with van der Waals surface area (Å²) in [5.74, 6) is 1.59. The molecule has 19 heavy (non-hydrogen) atoms. The Hall–Kier alpha value is -1.12. The molecule has 0 amide bonds. The first kappa shape index (κ1) is 12.9. The molecule has 0 spiro atoms. The van der Waals surface area contributed by atoms with Gasteiger partial charge in [-0.15, -0.1) is 0 Å². The third kappa shape index (κ3) is 3.46. The van der Waals surface area contributed by atoms with Crippen molar-refractivity contribution >= 4 is 15.9 Å². The number of nitrogens with one attached hydrogen (secondary N) is 1. The summed E-state index contributed by atoms with van der Waals surface area (Å²) in [6.07, 6.45) is 1.33. The first-order valence-corrected chi connectivity index (χ1v) is 7.62. The minimum absolute atomic E-state index is 0.776. The van der Waals surface area contributed by atoms with Crippen molar-refractivity contribution in [1.82, 2.24) is 5.32 Å². The van der Waals surface area contributed by atoms with Crippen LogP contribution >= 0.6 is 15.9 Å². The molecule has 0 aromatic heterocycles. The topological polar surface area (TPSA) is 12.0 Å². The third-order valence-electron chi connectivity index (χ3n) is 3.80. The van der Waals surface area contributed by atoms with E-state index >= 15 is 0 Å². The number of benzene rings is 2. The number of hydrogen-bond acceptors (Lipinski definition) is 1. The van der Waals surface area contributed by atoms with Gasteiger partial charge in [-0.05, 0) is 48.1 Å². The Morgan fingerprint density at radius 3 is 2.47 bits per heavy atom. The average Bonchev–Trinajstić information content (AvgIpc) is 3.22. The van der Waals surface area contributed by atoms with Crippen LogP contribution in [0.1, 0.15) is 23.5 Å². The zero-order valence-electron chi connectivity index (χ0n) is 10.9. The Labute approximate surface area is 123 Å². The molecule has 1 fully saturated rings. The third-order valence-corrected chi connectivity index (χ3v) is 4.33. The summed E-state index contributed by atoms with van der Waals surface area (Å²) < 4.78 is 1.14. The second-order valence-corrected chi connectivity index (χ2v) is 6.19. The van der Waals surface area contributed by atoms with Crippen molar-refractivity contribution in [3.8, 4) is 0 Å². The van der Waals surface area contributed by atoms with E-state index in [0.29, 0.717) is 0 Å². The van der Waals surface area contributed by atoms with E-state index in [-0.39, 0.29) is 0 Å². The van der Waals surface area contributed by atoms with E-state index in [1.165, 1.54) is 17.5 Å². The van der Waals surface area contributed by atoms with E-state index in [9.17, 15) is 0 Å². The second kappa shape index (κ2) is 5.89. The Bertz CT molecular complexity index is 521. The fourth-order valence-electron chi connectivity index (χ4n) is 2.59. The van der Waals surface area contributed by atoms with Gasteiger partial charge in [0.15, 0.2) is 0 Å². The molecular weight excluding hydrogens is 298 g/mol. The minimum atomic E-state index is 0.776. The first-order valence-electron chi connectivity index (χ1n) is 6.83. The summed E-state index contributed by atoms with van der Waals surface area (Å²) >= 11 is 3.46. The van der Waals surface area contributed by atoms with E-state index in [1.807, 2.05) is 0 Å². The van der Waals surface area contributed by atoms with E-state index in [4.69, 9.17) is 0 Å². The van der Waals surface area contributed by atoms with Crippen LogP contribution in [0, 0.1) is 5.92 Å². The van der Waals surface area contributed by atoms with Gasteiger partial charge in [-0.25, -0.2) is 0 Å². The highest BCUT2D eigenvalue weighted by molar-refractivity contribution is 9.10. The zero-order chi connectivity index (χ0) is 13.1. The highest BCUT2D eigenvalue weighted by Gasteiger charge is 2.37. The lowest BCUT2D eigenvalue weighted by Gasteiger charge is -2.05. The zero-order valence-corrected chi connectivity index (χ0v) is 12.4. The van der Waals surface area contributed by atoms with Crippen LogP contribution in [0.15, 0.2) is 59.1 Å². The van der Waals surface area contributed by atoms with Crippen LogP contribution in [0.25, 0.3) is 0 Å². The molecule has 0 bridgehead atoms. The summed E-state index contributed by atoms with van der Waals surface area (Å²) in [5.41, 5.74) is 2.85. The van der Waals surface area contributed by atoms with Gasteiger partial charge >= 0.3 is 0 Å². The summed E-state index contributed by atoms with van der Waals surface area (Å²) in [5, 5.41) is 3.57. The van der Waals surface area contributed by atoms with Crippen LogP contribution in [-0.2, 0) is 6.54 Å². The van der Waals surface area contributed by atoms with Crippen molar-refractivity contribution in [2.45, 2.75) is 18.9 Å². The molecule has 2 unspecified atom stereocenters. The van der Waals surface area contributed by atoms with Gasteiger partial charge in [0.1, 0.15) is 0 Å². The molecule has 2 atom stereocenters. The van der Waals surface area contributed by atoms with Crippen molar-refractivity contribution in [3.05, 3.63) is 70.2 Å². The van der Waals surface area contributed by atoms with Crippen LogP contribution in [0.3, 0.4) is 0 Å². The van der Waals surface area contributed by atoms with Crippen molar-refractivity contribution in [3.63, 3.8) is 0 Å². The lowest BCUT2D eigenvalue weighted by molar-refractivity contribution is 0.627. The Morgan fingerprint density at radius 1 is 1.00 bits per heavy atom. The minimum Gasteiger partial charge on any atom is -0.312 e. The highest BCUT2D eigenvalue weighted by atomic mass is 79.9. The molecule has 0 heterocycles. The molecule has 1 aliphatic carbocycles. The monoisotopic (exact) mass is 315 g/mol. The molecule has 1 saturated carbocycles. The van der Waals surface area contributed by atoms with Crippen LogP contribution in [0.4, 0.5) is 0 Å². The second-order valence-electron chi connectivity index (χ2n) is 5.27. The van der Waals surface area contributed by atoms with Crippen LogP contribution in [0.5, 0.6) is 0 Å². The fraction of sp³-hybridized carbons (Fsp3) is 0.294. The van der Waals surface area contributed by atoms with Gasteiger partial charge in [0, 0.05) is 11.0 Å².